The molecule has 0 atom stereocenters. The van der Waals surface area contributed by atoms with Gasteiger partial charge in [0.2, 0.25) is 0 Å². The number of thioether (sulfide) groups is 1. The van der Waals surface area contributed by atoms with E-state index in [1.54, 1.807) is 4.90 Å². The molecule has 1 heterocycles. The van der Waals surface area contributed by atoms with E-state index in [9.17, 15) is 4.79 Å². The van der Waals surface area contributed by atoms with Crippen LogP contribution in [-0.4, -0.2) is 21.2 Å². The topological polar surface area (TPSA) is 29.5 Å². The number of rotatable bonds is 5. The van der Waals surface area contributed by atoms with E-state index in [0.29, 0.717) is 15.8 Å². The van der Waals surface area contributed by atoms with Crippen LogP contribution in [0, 0.1) is 0 Å². The molecule has 0 spiro atoms. The molecule has 0 radical (unpaired) electrons. The summed E-state index contributed by atoms with van der Waals surface area (Å²) in [5.74, 6) is 0.783. The molecule has 5 heteroatoms. The van der Waals surface area contributed by atoms with Gasteiger partial charge in [-0.25, -0.2) is 0 Å². The quantitative estimate of drug-likeness (QED) is 0.555. The largest absolute Gasteiger partial charge is 0.491 e. The summed E-state index contributed by atoms with van der Waals surface area (Å²) in [5.41, 5.74) is 2.02. The first-order valence-electron chi connectivity index (χ1n) is 8.09. The monoisotopic (exact) mass is 369 g/mol. The molecule has 1 aliphatic rings. The van der Waals surface area contributed by atoms with Crippen LogP contribution in [0.15, 0.2) is 59.5 Å². The number of amides is 1. The Bertz CT molecular complexity index is 798. The van der Waals surface area contributed by atoms with Gasteiger partial charge >= 0.3 is 0 Å². The first-order chi connectivity index (χ1) is 12.0. The molecule has 2 aromatic carbocycles. The van der Waals surface area contributed by atoms with Crippen molar-refractivity contribution in [1.29, 1.82) is 0 Å². The second-order valence-corrected chi connectivity index (χ2v) is 7.66. The van der Waals surface area contributed by atoms with Crippen molar-refractivity contribution in [2.75, 3.05) is 0 Å². The molecule has 0 unspecified atom stereocenters. The summed E-state index contributed by atoms with van der Waals surface area (Å²) in [6.45, 7) is 4.49. The van der Waals surface area contributed by atoms with Gasteiger partial charge < -0.3 is 4.74 Å². The number of hydrogen-bond donors (Lipinski definition) is 0. The highest BCUT2D eigenvalue weighted by atomic mass is 32.2. The summed E-state index contributed by atoms with van der Waals surface area (Å²) >= 11 is 6.73. The molecule has 3 rings (SSSR count). The van der Waals surface area contributed by atoms with Crippen LogP contribution >= 0.6 is 24.0 Å². The molecule has 2 aromatic rings. The third kappa shape index (κ3) is 4.50. The van der Waals surface area contributed by atoms with Crippen molar-refractivity contribution >= 4 is 40.3 Å². The summed E-state index contributed by atoms with van der Waals surface area (Å²) in [6, 6.07) is 17.6. The average Bonchev–Trinajstić information content (AvgIpc) is 2.85. The van der Waals surface area contributed by atoms with Gasteiger partial charge in [-0.2, -0.15) is 0 Å². The number of carbonyl (C=O) groups is 1. The lowest BCUT2D eigenvalue weighted by Gasteiger charge is -2.14. The van der Waals surface area contributed by atoms with E-state index < -0.39 is 0 Å². The summed E-state index contributed by atoms with van der Waals surface area (Å²) in [7, 11) is 0. The summed E-state index contributed by atoms with van der Waals surface area (Å²) in [5, 5.41) is 0. The van der Waals surface area contributed by atoms with Crippen LogP contribution in [0.25, 0.3) is 6.08 Å². The third-order valence-corrected chi connectivity index (χ3v) is 4.98. The Kier molecular flexibility index (Phi) is 5.56. The molecule has 128 valence electrons. The van der Waals surface area contributed by atoms with Crippen molar-refractivity contribution < 1.29 is 9.53 Å². The van der Waals surface area contributed by atoms with Crippen molar-refractivity contribution in [2.24, 2.45) is 0 Å². The van der Waals surface area contributed by atoms with Crippen LogP contribution in [0.2, 0.25) is 0 Å². The van der Waals surface area contributed by atoms with Gasteiger partial charge in [0.1, 0.15) is 10.1 Å². The van der Waals surface area contributed by atoms with Crippen molar-refractivity contribution in [3.8, 4) is 5.75 Å². The number of hydrogen-bond acceptors (Lipinski definition) is 4. The number of benzene rings is 2. The molecule has 0 N–H and O–H groups in total. The van der Waals surface area contributed by atoms with E-state index in [0.717, 1.165) is 16.9 Å². The highest BCUT2D eigenvalue weighted by molar-refractivity contribution is 8.26. The molecule has 1 saturated heterocycles. The third-order valence-electron chi connectivity index (χ3n) is 3.61. The fraction of sp³-hybridized carbons (Fsp3) is 0.200. The van der Waals surface area contributed by atoms with Gasteiger partial charge in [-0.15, -0.1) is 0 Å². The predicted molar refractivity (Wildman–Crippen MR) is 107 cm³/mol. The Morgan fingerprint density at radius 1 is 1.12 bits per heavy atom. The molecule has 1 fully saturated rings. The van der Waals surface area contributed by atoms with Crippen LogP contribution in [0.1, 0.15) is 25.0 Å². The van der Waals surface area contributed by atoms with Crippen LogP contribution in [0.3, 0.4) is 0 Å². The van der Waals surface area contributed by atoms with Crippen molar-refractivity contribution in [3.63, 3.8) is 0 Å². The standard InChI is InChI=1S/C20H19NO2S2/c1-14(2)23-17-10-8-15(9-11-17)12-18-19(22)21(20(24)25-18)13-16-6-4-3-5-7-16/h3-12,14H,13H2,1-2H3/b18-12+. The van der Waals surface area contributed by atoms with E-state index in [4.69, 9.17) is 17.0 Å². The van der Waals surface area contributed by atoms with Crippen molar-refractivity contribution in [1.82, 2.24) is 4.90 Å². The molecule has 1 amide bonds. The second-order valence-electron chi connectivity index (χ2n) is 5.99. The Balaban J connectivity index is 1.73. The van der Waals surface area contributed by atoms with Crippen LogP contribution in [0.5, 0.6) is 5.75 Å². The van der Waals surface area contributed by atoms with E-state index >= 15 is 0 Å². The van der Waals surface area contributed by atoms with Gasteiger partial charge in [-0.05, 0) is 43.2 Å². The fourth-order valence-electron chi connectivity index (χ4n) is 2.47. The zero-order valence-corrected chi connectivity index (χ0v) is 15.8. The van der Waals surface area contributed by atoms with Gasteiger partial charge in [-0.1, -0.05) is 66.4 Å². The fourth-order valence-corrected chi connectivity index (χ4v) is 3.72. The van der Waals surface area contributed by atoms with E-state index in [1.807, 2.05) is 74.5 Å². The Morgan fingerprint density at radius 2 is 1.80 bits per heavy atom. The van der Waals surface area contributed by atoms with Crippen molar-refractivity contribution in [2.45, 2.75) is 26.5 Å². The maximum atomic E-state index is 12.7. The molecular weight excluding hydrogens is 350 g/mol. The maximum absolute atomic E-state index is 12.7. The Labute approximate surface area is 157 Å². The first kappa shape index (κ1) is 17.7. The molecule has 0 aromatic heterocycles. The van der Waals surface area contributed by atoms with Gasteiger partial charge in [0.25, 0.3) is 5.91 Å². The summed E-state index contributed by atoms with van der Waals surface area (Å²) < 4.78 is 6.24. The molecular formula is C20H19NO2S2. The number of thiocarbonyl (C=S) groups is 1. The second kappa shape index (κ2) is 7.85. The Hall–Kier alpha value is -2.11. The van der Waals surface area contributed by atoms with E-state index in [2.05, 4.69) is 0 Å². The zero-order chi connectivity index (χ0) is 17.8. The molecule has 0 bridgehead atoms. The van der Waals surface area contributed by atoms with Gasteiger partial charge in [0.05, 0.1) is 17.6 Å². The summed E-state index contributed by atoms with van der Waals surface area (Å²) in [6.07, 6.45) is 2.02. The highest BCUT2D eigenvalue weighted by Crippen LogP contribution is 2.33. The molecule has 3 nitrogen and oxygen atoms in total. The number of ether oxygens (including phenoxy) is 1. The zero-order valence-electron chi connectivity index (χ0n) is 14.1. The Morgan fingerprint density at radius 3 is 2.44 bits per heavy atom. The van der Waals surface area contributed by atoms with Crippen LogP contribution < -0.4 is 4.74 Å². The van der Waals surface area contributed by atoms with E-state index in [1.165, 1.54) is 11.8 Å². The minimum absolute atomic E-state index is 0.0404. The van der Waals surface area contributed by atoms with Crippen molar-refractivity contribution in [3.05, 3.63) is 70.6 Å². The average molecular weight is 370 g/mol. The van der Waals surface area contributed by atoms with Crippen LogP contribution in [-0.2, 0) is 11.3 Å². The normalized spacial score (nSPS) is 16.1. The summed E-state index contributed by atoms with van der Waals surface area (Å²) in [4.78, 5) is 15.0. The molecule has 0 saturated carbocycles. The lowest BCUT2D eigenvalue weighted by atomic mass is 10.2. The van der Waals surface area contributed by atoms with Gasteiger partial charge in [0.15, 0.2) is 0 Å². The lowest BCUT2D eigenvalue weighted by Crippen LogP contribution is -2.27. The van der Waals surface area contributed by atoms with Gasteiger partial charge in [-0.3, -0.25) is 9.69 Å². The van der Waals surface area contributed by atoms with Crippen LogP contribution in [0.4, 0.5) is 0 Å². The maximum Gasteiger partial charge on any atom is 0.266 e. The molecule has 0 aliphatic carbocycles. The van der Waals surface area contributed by atoms with E-state index in [-0.39, 0.29) is 12.0 Å². The minimum Gasteiger partial charge on any atom is -0.491 e. The molecule has 1 aliphatic heterocycles. The predicted octanol–water partition coefficient (Wildman–Crippen LogP) is 4.88. The first-order valence-corrected chi connectivity index (χ1v) is 9.31. The SMILES string of the molecule is CC(C)Oc1ccc(/C=C2/SC(=S)N(Cc3ccccc3)C2=O)cc1. The smallest absolute Gasteiger partial charge is 0.266 e. The number of carbonyl (C=O) groups excluding carboxylic acids is 1. The number of nitrogens with zero attached hydrogens (tertiary/aromatic N) is 1. The minimum atomic E-state index is -0.0404. The molecule has 25 heavy (non-hydrogen) atoms. The highest BCUT2D eigenvalue weighted by Gasteiger charge is 2.31. The lowest BCUT2D eigenvalue weighted by molar-refractivity contribution is -0.122. The van der Waals surface area contributed by atoms with Gasteiger partial charge in [0, 0.05) is 0 Å².